The van der Waals surface area contributed by atoms with Crippen LogP contribution in [-0.4, -0.2) is 18.1 Å². The van der Waals surface area contributed by atoms with Crippen molar-refractivity contribution in [3.05, 3.63) is 29.8 Å². The fraction of sp³-hybridized carbons (Fsp3) is 0.222. The van der Waals surface area contributed by atoms with Crippen molar-refractivity contribution in [3.8, 4) is 0 Å². The Morgan fingerprint density at radius 1 is 1.46 bits per heavy atom. The largest absolute Gasteiger partial charge is 0.480 e. The van der Waals surface area contributed by atoms with Crippen LogP contribution in [0, 0.1) is 0 Å². The van der Waals surface area contributed by atoms with E-state index in [2.05, 4.69) is 5.32 Å². The van der Waals surface area contributed by atoms with Gasteiger partial charge in [0.05, 0.1) is 0 Å². The Bertz CT molecular complexity index is 295. The van der Waals surface area contributed by atoms with Crippen LogP contribution in [0.3, 0.4) is 0 Å². The van der Waals surface area contributed by atoms with Crippen molar-refractivity contribution < 1.29 is 9.90 Å². The molecular weight excluding hydrogens is 168 g/mol. The molecule has 0 fully saturated rings. The molecule has 1 atom stereocenters. The van der Waals surface area contributed by atoms with Crippen molar-refractivity contribution in [2.24, 2.45) is 5.73 Å². The third kappa shape index (κ3) is 2.19. The zero-order chi connectivity index (χ0) is 9.84. The predicted molar refractivity (Wildman–Crippen MR) is 50.6 cm³/mol. The molecule has 13 heavy (non-hydrogen) atoms. The molecule has 0 unspecified atom stereocenters. The minimum atomic E-state index is -1.02. The smallest absolute Gasteiger partial charge is 0.325 e. The third-order valence-corrected chi connectivity index (χ3v) is 1.82. The second-order valence-electron chi connectivity index (χ2n) is 2.69. The first-order valence-electron chi connectivity index (χ1n) is 3.91. The molecule has 0 heterocycles. The molecule has 1 rings (SSSR count). The second kappa shape index (κ2) is 3.91. The Labute approximate surface area is 76.4 Å². The van der Waals surface area contributed by atoms with Crippen LogP contribution in [0.15, 0.2) is 24.3 Å². The number of carbonyl (C=O) groups is 1. The number of aliphatic carboxylic acids is 1. The second-order valence-corrected chi connectivity index (χ2v) is 2.69. The summed E-state index contributed by atoms with van der Waals surface area (Å²) in [5.74, 6) is -1.02. The van der Waals surface area contributed by atoms with Gasteiger partial charge >= 0.3 is 5.97 Å². The summed E-state index contributed by atoms with van der Waals surface area (Å²) in [6, 6.07) is 6.04. The van der Waals surface area contributed by atoms with Crippen LogP contribution < -0.4 is 11.1 Å². The molecule has 4 heteroatoms. The molecule has 1 aromatic carbocycles. The maximum Gasteiger partial charge on any atom is 0.325 e. The molecule has 4 nitrogen and oxygen atoms in total. The average Bonchev–Trinajstić information content (AvgIpc) is 2.17. The van der Waals surface area contributed by atoms with Gasteiger partial charge in [-0.1, -0.05) is 12.1 Å². The van der Waals surface area contributed by atoms with Crippen molar-refractivity contribution in [3.63, 3.8) is 0 Å². The van der Waals surface area contributed by atoms with E-state index in [4.69, 9.17) is 10.8 Å². The first kappa shape index (κ1) is 9.54. The molecule has 70 valence electrons. The predicted octanol–water partition coefficient (Wildman–Crippen LogP) is 0.813. The van der Waals surface area contributed by atoms with Gasteiger partial charge in [0.2, 0.25) is 0 Å². The molecule has 0 radical (unpaired) electrons. The van der Waals surface area contributed by atoms with Crippen LogP contribution in [0.25, 0.3) is 0 Å². The van der Waals surface area contributed by atoms with Gasteiger partial charge in [-0.15, -0.1) is 0 Å². The average molecular weight is 180 g/mol. The molecule has 0 aliphatic carbocycles. The van der Waals surface area contributed by atoms with Gasteiger partial charge in [-0.25, -0.2) is 0 Å². The molecule has 4 N–H and O–H groups in total. The van der Waals surface area contributed by atoms with Crippen molar-refractivity contribution in [2.75, 3.05) is 12.4 Å². The summed E-state index contributed by atoms with van der Waals surface area (Å²) >= 11 is 0. The quantitative estimate of drug-likeness (QED) is 0.643. The summed E-state index contributed by atoms with van der Waals surface area (Å²) in [6.07, 6.45) is 0. The van der Waals surface area contributed by atoms with Gasteiger partial charge < -0.3 is 16.2 Å². The summed E-state index contributed by atoms with van der Waals surface area (Å²) in [5, 5.41) is 11.6. The number of anilines is 1. The van der Waals surface area contributed by atoms with Gasteiger partial charge in [0, 0.05) is 12.7 Å². The molecule has 0 aliphatic heterocycles. The molecule has 0 saturated heterocycles. The third-order valence-electron chi connectivity index (χ3n) is 1.82. The van der Waals surface area contributed by atoms with Crippen molar-refractivity contribution >= 4 is 11.7 Å². The number of carboxylic acids is 1. The van der Waals surface area contributed by atoms with Gasteiger partial charge in [-0.2, -0.15) is 0 Å². The monoisotopic (exact) mass is 180 g/mol. The molecule has 0 aliphatic rings. The Balaban J connectivity index is 2.85. The van der Waals surface area contributed by atoms with Crippen molar-refractivity contribution in [1.82, 2.24) is 0 Å². The summed E-state index contributed by atoms with van der Waals surface area (Å²) in [5.41, 5.74) is 6.94. The number of nitrogens with two attached hydrogens (primary N) is 1. The lowest BCUT2D eigenvalue weighted by atomic mass is 10.1. The number of benzene rings is 1. The van der Waals surface area contributed by atoms with Crippen LogP contribution in [0.5, 0.6) is 0 Å². The number of hydrogen-bond donors (Lipinski definition) is 3. The van der Waals surface area contributed by atoms with E-state index in [0.717, 1.165) is 5.69 Å². The Kier molecular flexibility index (Phi) is 2.87. The summed E-state index contributed by atoms with van der Waals surface area (Å²) in [7, 11) is 1.80. The number of hydrogen-bond acceptors (Lipinski definition) is 3. The Morgan fingerprint density at radius 2 is 2.00 bits per heavy atom. The first-order chi connectivity index (χ1) is 6.15. The van der Waals surface area contributed by atoms with E-state index in [1.807, 2.05) is 0 Å². The molecule has 0 aromatic heterocycles. The van der Waals surface area contributed by atoms with Crippen LogP contribution in [-0.2, 0) is 4.79 Å². The summed E-state index contributed by atoms with van der Waals surface area (Å²) in [6.45, 7) is 0. The fourth-order valence-electron chi connectivity index (χ4n) is 1.000. The topological polar surface area (TPSA) is 75.3 Å². The molecular formula is C9H12N2O2. The Hall–Kier alpha value is -1.55. The molecule has 0 amide bonds. The lowest BCUT2D eigenvalue weighted by Gasteiger charge is -2.07. The minimum absolute atomic E-state index is 0.603. The van der Waals surface area contributed by atoms with Gasteiger partial charge in [0.1, 0.15) is 6.04 Å². The fourth-order valence-corrected chi connectivity index (χ4v) is 1.000. The van der Waals surface area contributed by atoms with Crippen molar-refractivity contribution in [1.29, 1.82) is 0 Å². The maximum absolute atomic E-state index is 10.5. The summed E-state index contributed by atoms with van der Waals surface area (Å²) < 4.78 is 0. The standard InChI is InChI=1S/C9H12N2O2/c1-11-7-4-2-6(3-5-7)8(10)9(12)13/h2-5,8,11H,10H2,1H3,(H,12,13)/t8-/m0/s1. The van der Waals surface area contributed by atoms with E-state index >= 15 is 0 Å². The van der Waals surface area contributed by atoms with Gasteiger partial charge in [-0.3, -0.25) is 4.79 Å². The van der Waals surface area contributed by atoms with E-state index in [0.29, 0.717) is 5.56 Å². The highest BCUT2D eigenvalue weighted by atomic mass is 16.4. The summed E-state index contributed by atoms with van der Waals surface area (Å²) in [4.78, 5) is 10.5. The van der Waals surface area contributed by atoms with E-state index in [9.17, 15) is 4.79 Å². The first-order valence-corrected chi connectivity index (χ1v) is 3.91. The maximum atomic E-state index is 10.5. The minimum Gasteiger partial charge on any atom is -0.480 e. The number of carboxylic acid groups (broad SMARTS) is 1. The molecule has 0 spiro atoms. The van der Waals surface area contributed by atoms with Crippen molar-refractivity contribution in [2.45, 2.75) is 6.04 Å². The lowest BCUT2D eigenvalue weighted by molar-refractivity contribution is -0.138. The number of rotatable bonds is 3. The van der Waals surface area contributed by atoms with Gasteiger partial charge in [0.15, 0.2) is 0 Å². The van der Waals surface area contributed by atoms with E-state index in [1.54, 1.807) is 31.3 Å². The van der Waals surface area contributed by atoms with Crippen LogP contribution in [0.1, 0.15) is 11.6 Å². The van der Waals surface area contributed by atoms with Crippen LogP contribution >= 0.6 is 0 Å². The molecule has 0 bridgehead atoms. The zero-order valence-electron chi connectivity index (χ0n) is 7.32. The van der Waals surface area contributed by atoms with Gasteiger partial charge in [0.25, 0.3) is 0 Å². The SMILES string of the molecule is CNc1ccc([C@H](N)C(=O)O)cc1. The normalized spacial score (nSPS) is 12.2. The van der Waals surface area contributed by atoms with Crippen LogP contribution in [0.2, 0.25) is 0 Å². The zero-order valence-corrected chi connectivity index (χ0v) is 7.32. The van der Waals surface area contributed by atoms with E-state index in [-0.39, 0.29) is 0 Å². The highest BCUT2D eigenvalue weighted by molar-refractivity contribution is 5.75. The van der Waals surface area contributed by atoms with E-state index in [1.165, 1.54) is 0 Å². The van der Waals surface area contributed by atoms with Gasteiger partial charge in [-0.05, 0) is 17.7 Å². The molecule has 0 saturated carbocycles. The number of nitrogens with one attached hydrogen (secondary N) is 1. The highest BCUT2D eigenvalue weighted by Crippen LogP contribution is 2.14. The molecule has 1 aromatic rings. The van der Waals surface area contributed by atoms with Crippen LogP contribution in [0.4, 0.5) is 5.69 Å². The lowest BCUT2D eigenvalue weighted by Crippen LogP contribution is -2.20. The van der Waals surface area contributed by atoms with E-state index < -0.39 is 12.0 Å². The highest BCUT2D eigenvalue weighted by Gasteiger charge is 2.12. The Morgan fingerprint density at radius 3 is 2.38 bits per heavy atom.